The molecule has 36 heavy (non-hydrogen) atoms. The second-order valence-electron chi connectivity index (χ2n) is 8.78. The van der Waals surface area contributed by atoms with Gasteiger partial charge in [0.15, 0.2) is 0 Å². The second kappa shape index (κ2) is 11.9. The number of anilines is 2. The lowest BCUT2D eigenvalue weighted by Crippen LogP contribution is -2.47. The van der Waals surface area contributed by atoms with Crippen LogP contribution in [0.2, 0.25) is 0 Å². The Labute approximate surface area is 213 Å². The van der Waals surface area contributed by atoms with Crippen LogP contribution in [0.15, 0.2) is 72.8 Å². The summed E-state index contributed by atoms with van der Waals surface area (Å²) in [6, 6.07) is 20.8. The van der Waals surface area contributed by atoms with E-state index in [0.717, 1.165) is 27.3 Å². The highest BCUT2D eigenvalue weighted by molar-refractivity contribution is 7.92. The van der Waals surface area contributed by atoms with Crippen molar-refractivity contribution in [2.24, 2.45) is 0 Å². The number of nitrogens with one attached hydrogen (secondary N) is 2. The molecule has 0 aliphatic rings. The minimum Gasteiger partial charge on any atom is -0.352 e. The zero-order chi connectivity index (χ0) is 26.3. The van der Waals surface area contributed by atoms with E-state index in [0.29, 0.717) is 29.9 Å². The number of sulfonamides is 1. The van der Waals surface area contributed by atoms with Gasteiger partial charge in [0, 0.05) is 6.54 Å². The van der Waals surface area contributed by atoms with Crippen LogP contribution in [-0.4, -0.2) is 39.1 Å². The minimum atomic E-state index is -3.77. The molecular weight excluding hydrogens is 474 g/mol. The van der Waals surface area contributed by atoms with Crippen LogP contribution in [0, 0.1) is 13.8 Å². The smallest absolute Gasteiger partial charge is 0.253 e. The molecule has 0 aliphatic heterocycles. The van der Waals surface area contributed by atoms with E-state index >= 15 is 0 Å². The number of benzene rings is 3. The van der Waals surface area contributed by atoms with Crippen molar-refractivity contribution in [2.45, 2.75) is 39.7 Å². The summed E-state index contributed by atoms with van der Waals surface area (Å²) < 4.78 is 26.7. The number of hydrogen-bond donors (Lipinski definition) is 2. The van der Waals surface area contributed by atoms with E-state index in [1.165, 1.54) is 0 Å². The van der Waals surface area contributed by atoms with Crippen molar-refractivity contribution in [3.63, 3.8) is 0 Å². The lowest BCUT2D eigenvalue weighted by atomic mass is 10.1. The van der Waals surface area contributed by atoms with E-state index in [4.69, 9.17) is 0 Å². The maximum absolute atomic E-state index is 13.4. The Bertz CT molecular complexity index is 1320. The van der Waals surface area contributed by atoms with Crippen molar-refractivity contribution in [3.8, 4) is 0 Å². The molecule has 7 nitrogen and oxygen atoms in total. The fraction of sp³-hybridized carbons (Fsp3) is 0.286. The molecule has 3 aromatic rings. The standard InChI is InChI=1S/C28H33N3O4S/c1-5-26(31(36(4,34)35)23-16-15-20(2)21(3)19-23)28(33)30-25-14-10-9-13-24(25)27(32)29-18-17-22-11-7-6-8-12-22/h6-16,19,26H,5,17-18H2,1-4H3,(H,29,32)(H,30,33)/t26-/m1/s1. The Kier molecular flexibility index (Phi) is 8.88. The maximum atomic E-state index is 13.4. The fourth-order valence-corrected chi connectivity index (χ4v) is 5.19. The van der Waals surface area contributed by atoms with Crippen LogP contribution in [0.1, 0.15) is 40.4 Å². The maximum Gasteiger partial charge on any atom is 0.253 e. The topological polar surface area (TPSA) is 95.6 Å². The van der Waals surface area contributed by atoms with Gasteiger partial charge in [-0.25, -0.2) is 8.42 Å². The van der Waals surface area contributed by atoms with E-state index in [-0.39, 0.29) is 12.3 Å². The third-order valence-electron chi connectivity index (χ3n) is 6.05. The molecule has 1 atom stereocenters. The van der Waals surface area contributed by atoms with Gasteiger partial charge < -0.3 is 10.6 Å². The van der Waals surface area contributed by atoms with Crippen LogP contribution >= 0.6 is 0 Å². The Morgan fingerprint density at radius 2 is 1.58 bits per heavy atom. The minimum absolute atomic E-state index is 0.247. The van der Waals surface area contributed by atoms with Crippen LogP contribution < -0.4 is 14.9 Å². The van der Waals surface area contributed by atoms with Gasteiger partial charge in [0.05, 0.1) is 23.2 Å². The van der Waals surface area contributed by atoms with Gasteiger partial charge in [0.25, 0.3) is 5.91 Å². The lowest BCUT2D eigenvalue weighted by molar-refractivity contribution is -0.117. The molecule has 0 fully saturated rings. The van der Waals surface area contributed by atoms with Crippen LogP contribution in [-0.2, 0) is 21.2 Å². The molecule has 0 saturated heterocycles. The van der Waals surface area contributed by atoms with Crippen molar-refractivity contribution >= 4 is 33.2 Å². The van der Waals surface area contributed by atoms with Gasteiger partial charge in [-0.2, -0.15) is 0 Å². The molecule has 3 rings (SSSR count). The summed E-state index contributed by atoms with van der Waals surface area (Å²) in [5, 5.41) is 5.69. The summed E-state index contributed by atoms with van der Waals surface area (Å²) >= 11 is 0. The van der Waals surface area contributed by atoms with Crippen molar-refractivity contribution in [1.29, 1.82) is 0 Å². The summed E-state index contributed by atoms with van der Waals surface area (Å²) in [5.74, 6) is -0.824. The molecule has 0 spiro atoms. The van der Waals surface area contributed by atoms with Gasteiger partial charge in [-0.1, -0.05) is 55.5 Å². The molecule has 0 unspecified atom stereocenters. The molecule has 0 radical (unpaired) electrons. The van der Waals surface area contributed by atoms with Crippen molar-refractivity contribution in [2.75, 3.05) is 22.4 Å². The molecular formula is C28H33N3O4S. The van der Waals surface area contributed by atoms with Gasteiger partial charge >= 0.3 is 0 Å². The fourth-order valence-electron chi connectivity index (χ4n) is 3.99. The van der Waals surface area contributed by atoms with Crippen molar-refractivity contribution < 1.29 is 18.0 Å². The highest BCUT2D eigenvalue weighted by atomic mass is 32.2. The van der Waals surface area contributed by atoms with E-state index in [1.54, 1.807) is 43.3 Å². The molecule has 0 aliphatic carbocycles. The summed E-state index contributed by atoms with van der Waals surface area (Å²) in [6.07, 6.45) is 2.02. The monoisotopic (exact) mass is 507 g/mol. The van der Waals surface area contributed by atoms with Crippen molar-refractivity contribution in [1.82, 2.24) is 5.32 Å². The SMILES string of the molecule is CC[C@H](C(=O)Nc1ccccc1C(=O)NCCc1ccccc1)N(c1ccc(C)c(C)c1)S(C)(=O)=O. The van der Waals surface area contributed by atoms with Crippen LogP contribution in [0.25, 0.3) is 0 Å². The predicted octanol–water partition coefficient (Wildman–Crippen LogP) is 4.46. The van der Waals surface area contributed by atoms with Crippen LogP contribution in [0.3, 0.4) is 0 Å². The van der Waals surface area contributed by atoms with E-state index in [9.17, 15) is 18.0 Å². The first-order valence-electron chi connectivity index (χ1n) is 11.9. The highest BCUT2D eigenvalue weighted by Crippen LogP contribution is 2.26. The normalized spacial score (nSPS) is 12.0. The summed E-state index contributed by atoms with van der Waals surface area (Å²) in [4.78, 5) is 26.3. The summed E-state index contributed by atoms with van der Waals surface area (Å²) in [7, 11) is -3.77. The van der Waals surface area contributed by atoms with Crippen molar-refractivity contribution in [3.05, 3.63) is 95.1 Å². The molecule has 0 heterocycles. The number of hydrogen-bond acceptors (Lipinski definition) is 4. The summed E-state index contributed by atoms with van der Waals surface area (Å²) in [6.45, 7) is 6.03. The first-order valence-corrected chi connectivity index (χ1v) is 13.7. The van der Waals surface area contributed by atoms with E-state index in [1.807, 2.05) is 50.2 Å². The summed E-state index contributed by atoms with van der Waals surface area (Å²) in [5.41, 5.74) is 4.12. The number of rotatable bonds is 10. The Morgan fingerprint density at radius 3 is 2.22 bits per heavy atom. The third kappa shape index (κ3) is 6.73. The average molecular weight is 508 g/mol. The quantitative estimate of drug-likeness (QED) is 0.424. The molecule has 3 aromatic carbocycles. The van der Waals surface area contributed by atoms with Gasteiger partial charge in [-0.3, -0.25) is 13.9 Å². The first kappa shape index (κ1) is 26.9. The van der Waals surface area contributed by atoms with Gasteiger partial charge in [-0.05, 0) is 67.6 Å². The number of para-hydroxylation sites is 1. The molecule has 2 amide bonds. The Hall–Kier alpha value is -3.65. The largest absolute Gasteiger partial charge is 0.352 e. The van der Waals surface area contributed by atoms with Crippen LogP contribution in [0.5, 0.6) is 0 Å². The van der Waals surface area contributed by atoms with E-state index in [2.05, 4.69) is 10.6 Å². The molecule has 0 bridgehead atoms. The molecule has 0 aromatic heterocycles. The average Bonchev–Trinajstić information content (AvgIpc) is 2.84. The number of carbonyl (C=O) groups excluding carboxylic acids is 2. The number of carbonyl (C=O) groups is 2. The lowest BCUT2D eigenvalue weighted by Gasteiger charge is -2.30. The van der Waals surface area contributed by atoms with E-state index < -0.39 is 22.0 Å². The predicted molar refractivity (Wildman–Crippen MR) is 145 cm³/mol. The first-order chi connectivity index (χ1) is 17.1. The van der Waals surface area contributed by atoms with Gasteiger partial charge in [-0.15, -0.1) is 0 Å². The van der Waals surface area contributed by atoms with Crippen LogP contribution in [0.4, 0.5) is 11.4 Å². The van der Waals surface area contributed by atoms with Gasteiger partial charge in [0.1, 0.15) is 6.04 Å². The third-order valence-corrected chi connectivity index (χ3v) is 7.23. The number of amides is 2. The number of nitrogens with zero attached hydrogens (tertiary/aromatic N) is 1. The zero-order valence-corrected chi connectivity index (χ0v) is 21.9. The molecule has 0 saturated carbocycles. The second-order valence-corrected chi connectivity index (χ2v) is 10.6. The molecule has 2 N–H and O–H groups in total. The molecule has 190 valence electrons. The Morgan fingerprint density at radius 1 is 0.917 bits per heavy atom. The van der Waals surface area contributed by atoms with Gasteiger partial charge in [0.2, 0.25) is 15.9 Å². The Balaban J connectivity index is 1.80. The molecule has 8 heteroatoms. The number of aryl methyl sites for hydroxylation is 2. The highest BCUT2D eigenvalue weighted by Gasteiger charge is 2.32. The zero-order valence-electron chi connectivity index (χ0n) is 21.1.